The molecule has 2 heterocycles. The maximum Gasteiger partial charge on any atom is 0.416 e. The number of carbonyl (C=O) groups is 1. The lowest BCUT2D eigenvalue weighted by Crippen LogP contribution is -2.03. The number of aryl methyl sites for hydroxylation is 2. The number of oxazole rings is 1. The Morgan fingerprint density at radius 1 is 1.16 bits per heavy atom. The maximum atomic E-state index is 12.8. The van der Waals surface area contributed by atoms with Gasteiger partial charge < -0.3 is 9.52 Å². The van der Waals surface area contributed by atoms with Gasteiger partial charge in [-0.25, -0.2) is 9.97 Å². The van der Waals surface area contributed by atoms with Crippen LogP contribution in [0.15, 0.2) is 45.7 Å². The van der Waals surface area contributed by atoms with Crippen molar-refractivity contribution in [2.24, 2.45) is 0 Å². The second kappa shape index (κ2) is 8.59. The van der Waals surface area contributed by atoms with Gasteiger partial charge in [0, 0.05) is 16.2 Å². The van der Waals surface area contributed by atoms with Crippen LogP contribution in [0.2, 0.25) is 0 Å². The van der Waals surface area contributed by atoms with Crippen LogP contribution in [0.4, 0.5) is 13.2 Å². The van der Waals surface area contributed by atoms with Crippen LogP contribution in [0.5, 0.6) is 0 Å². The summed E-state index contributed by atoms with van der Waals surface area (Å²) in [5.74, 6) is -0.283. The van der Waals surface area contributed by atoms with Gasteiger partial charge in [-0.1, -0.05) is 12.1 Å². The Hall–Kier alpha value is -2.85. The molecule has 0 spiro atoms. The van der Waals surface area contributed by atoms with Crippen molar-refractivity contribution in [2.45, 2.75) is 37.1 Å². The van der Waals surface area contributed by atoms with E-state index in [1.54, 1.807) is 0 Å². The summed E-state index contributed by atoms with van der Waals surface area (Å²) < 4.78 is 44.1. The quantitative estimate of drug-likeness (QED) is 0.319. The molecule has 0 bridgehead atoms. The Labute approximate surface area is 189 Å². The van der Waals surface area contributed by atoms with E-state index in [2.05, 4.69) is 9.97 Å². The summed E-state index contributed by atoms with van der Waals surface area (Å²) in [4.78, 5) is 21.6. The van der Waals surface area contributed by atoms with Crippen LogP contribution < -0.4 is 0 Å². The van der Waals surface area contributed by atoms with Crippen LogP contribution in [-0.4, -0.2) is 21.0 Å². The predicted molar refractivity (Wildman–Crippen MR) is 117 cm³/mol. The number of halogens is 3. The third kappa shape index (κ3) is 4.81. The van der Waals surface area contributed by atoms with Crippen molar-refractivity contribution >= 4 is 40.2 Å². The van der Waals surface area contributed by atoms with E-state index in [-0.39, 0.29) is 12.3 Å². The zero-order valence-electron chi connectivity index (χ0n) is 17.0. The van der Waals surface area contributed by atoms with Gasteiger partial charge in [-0.3, -0.25) is 4.79 Å². The first-order chi connectivity index (χ1) is 15.1. The molecule has 4 aromatic rings. The van der Waals surface area contributed by atoms with Gasteiger partial charge in [0.1, 0.15) is 16.9 Å². The highest BCUT2D eigenvalue weighted by atomic mass is 32.2. The average molecular weight is 479 g/mol. The normalized spacial score (nSPS) is 11.9. The van der Waals surface area contributed by atoms with Crippen molar-refractivity contribution < 1.29 is 27.5 Å². The molecular weight excluding hydrogens is 461 g/mol. The molecule has 0 aliphatic rings. The van der Waals surface area contributed by atoms with Gasteiger partial charge in [-0.05, 0) is 43.7 Å². The summed E-state index contributed by atoms with van der Waals surface area (Å²) in [5.41, 5.74) is 2.88. The van der Waals surface area contributed by atoms with Crippen molar-refractivity contribution in [1.82, 2.24) is 9.97 Å². The molecule has 32 heavy (non-hydrogen) atoms. The molecule has 0 amide bonds. The van der Waals surface area contributed by atoms with Gasteiger partial charge in [-0.15, -0.1) is 23.1 Å². The standard InChI is InChI=1S/C22H17F3N2O3S2/c1-11-7-15-20(30-18(27-15)9-19(28)29)16(8-11)31-10-17-12(2)26-21(32-17)13-3-5-14(6-4-13)22(23,24)25/h3-8H,9-10H2,1-2H3,(H,28,29). The van der Waals surface area contributed by atoms with E-state index in [0.29, 0.717) is 27.4 Å². The molecule has 1 N–H and O–H groups in total. The number of nitrogens with zero attached hydrogens (tertiary/aromatic N) is 2. The lowest BCUT2D eigenvalue weighted by Gasteiger charge is -2.06. The molecule has 0 unspecified atom stereocenters. The van der Waals surface area contributed by atoms with Crippen LogP contribution in [-0.2, 0) is 23.1 Å². The maximum absolute atomic E-state index is 12.8. The predicted octanol–water partition coefficient (Wildman–Crippen LogP) is 6.51. The number of hydrogen-bond donors (Lipinski definition) is 1. The zero-order chi connectivity index (χ0) is 23.0. The zero-order valence-corrected chi connectivity index (χ0v) is 18.6. The molecule has 0 saturated heterocycles. The fraction of sp³-hybridized carbons (Fsp3) is 0.227. The Bertz CT molecular complexity index is 1290. The third-order valence-corrected chi connectivity index (χ3v) is 7.09. The molecule has 5 nitrogen and oxygen atoms in total. The van der Waals surface area contributed by atoms with E-state index in [0.717, 1.165) is 33.2 Å². The molecule has 0 aliphatic heterocycles. The average Bonchev–Trinajstić information content (AvgIpc) is 3.27. The number of rotatable bonds is 6. The molecule has 0 atom stereocenters. The molecule has 0 aliphatic carbocycles. The summed E-state index contributed by atoms with van der Waals surface area (Å²) in [5, 5.41) is 9.64. The largest absolute Gasteiger partial charge is 0.481 e. The van der Waals surface area contributed by atoms with E-state index < -0.39 is 17.7 Å². The van der Waals surface area contributed by atoms with Gasteiger partial charge >= 0.3 is 12.1 Å². The highest BCUT2D eigenvalue weighted by molar-refractivity contribution is 7.98. The lowest BCUT2D eigenvalue weighted by molar-refractivity contribution is -0.138. The number of aliphatic carboxylic acids is 1. The van der Waals surface area contributed by atoms with E-state index >= 15 is 0 Å². The number of aromatic nitrogens is 2. The molecule has 0 fully saturated rings. The first-order valence-electron chi connectivity index (χ1n) is 9.49. The van der Waals surface area contributed by atoms with Gasteiger partial charge in [0.2, 0.25) is 5.89 Å². The van der Waals surface area contributed by atoms with Crippen LogP contribution >= 0.6 is 23.1 Å². The second-order valence-corrected chi connectivity index (χ2v) is 9.28. The summed E-state index contributed by atoms with van der Waals surface area (Å²) in [6.07, 6.45) is -4.66. The topological polar surface area (TPSA) is 76.2 Å². The minimum absolute atomic E-state index is 0.151. The van der Waals surface area contributed by atoms with Gasteiger partial charge in [0.05, 0.1) is 16.2 Å². The number of carboxylic acid groups (broad SMARTS) is 1. The number of thioether (sulfide) groups is 1. The second-order valence-electron chi connectivity index (χ2n) is 7.18. The fourth-order valence-electron chi connectivity index (χ4n) is 3.12. The fourth-order valence-corrected chi connectivity index (χ4v) is 5.44. The van der Waals surface area contributed by atoms with Crippen molar-refractivity contribution in [1.29, 1.82) is 0 Å². The van der Waals surface area contributed by atoms with Crippen LogP contribution in [0.3, 0.4) is 0 Å². The van der Waals surface area contributed by atoms with Crippen molar-refractivity contribution in [3.63, 3.8) is 0 Å². The van der Waals surface area contributed by atoms with Gasteiger partial charge in [0.25, 0.3) is 0 Å². The van der Waals surface area contributed by atoms with Crippen molar-refractivity contribution in [2.75, 3.05) is 0 Å². The molecule has 10 heteroatoms. The number of alkyl halides is 3. The SMILES string of the molecule is Cc1cc(SCc2sc(-c3ccc(C(F)(F)F)cc3)nc2C)c2oc(CC(=O)O)nc2c1. The number of thiazole rings is 1. The van der Waals surface area contributed by atoms with Crippen molar-refractivity contribution in [3.05, 3.63) is 64.0 Å². The molecule has 166 valence electrons. The first kappa shape index (κ1) is 22.3. The van der Waals surface area contributed by atoms with Gasteiger partial charge in [-0.2, -0.15) is 13.2 Å². The summed E-state index contributed by atoms with van der Waals surface area (Å²) in [7, 11) is 0. The Morgan fingerprint density at radius 2 is 1.88 bits per heavy atom. The molecule has 2 aromatic heterocycles. The number of hydrogen-bond acceptors (Lipinski definition) is 6. The third-order valence-electron chi connectivity index (χ3n) is 4.66. The minimum Gasteiger partial charge on any atom is -0.481 e. The van der Waals surface area contributed by atoms with E-state index in [9.17, 15) is 18.0 Å². The molecular formula is C22H17F3N2O3S2. The molecule has 4 rings (SSSR count). The monoisotopic (exact) mass is 478 g/mol. The number of benzene rings is 2. The van der Waals surface area contributed by atoms with Gasteiger partial charge in [0.15, 0.2) is 5.58 Å². The Kier molecular flexibility index (Phi) is 6.00. The molecule has 0 saturated carbocycles. The molecule has 2 aromatic carbocycles. The highest BCUT2D eigenvalue weighted by Gasteiger charge is 2.30. The summed E-state index contributed by atoms with van der Waals surface area (Å²) in [6, 6.07) is 8.77. The van der Waals surface area contributed by atoms with Crippen LogP contribution in [0.25, 0.3) is 21.7 Å². The van der Waals surface area contributed by atoms with Crippen molar-refractivity contribution in [3.8, 4) is 10.6 Å². The summed E-state index contributed by atoms with van der Waals surface area (Å²) in [6.45, 7) is 3.79. The molecule has 0 radical (unpaired) electrons. The van der Waals surface area contributed by atoms with Crippen LogP contribution in [0, 0.1) is 13.8 Å². The lowest BCUT2D eigenvalue weighted by atomic mass is 10.1. The minimum atomic E-state index is -4.37. The van der Waals surface area contributed by atoms with Crippen LogP contribution in [0.1, 0.15) is 27.6 Å². The Morgan fingerprint density at radius 3 is 2.53 bits per heavy atom. The first-order valence-corrected chi connectivity index (χ1v) is 11.3. The summed E-state index contributed by atoms with van der Waals surface area (Å²) >= 11 is 2.95. The number of fused-ring (bicyclic) bond motifs is 1. The van der Waals surface area contributed by atoms with E-state index in [1.807, 2.05) is 26.0 Å². The van der Waals surface area contributed by atoms with E-state index in [1.165, 1.54) is 35.2 Å². The smallest absolute Gasteiger partial charge is 0.416 e. The highest BCUT2D eigenvalue weighted by Crippen LogP contribution is 2.37. The Balaban J connectivity index is 1.56. The number of carboxylic acids is 1. The van der Waals surface area contributed by atoms with E-state index in [4.69, 9.17) is 9.52 Å².